The number of anilines is 1. The average molecular weight is 413 g/mol. The zero-order valence-electron chi connectivity index (χ0n) is 10.2. The first kappa shape index (κ1) is 15.3. The third kappa shape index (κ3) is 3.12. The first-order valence-electron chi connectivity index (χ1n) is 5.63. The zero-order valence-corrected chi connectivity index (χ0v) is 13.2. The summed E-state index contributed by atoms with van der Waals surface area (Å²) in [6.07, 6.45) is 0.786. The first-order chi connectivity index (χ1) is 9.32. The van der Waals surface area contributed by atoms with Crippen LogP contribution in [-0.4, -0.2) is 30.4 Å². The molecule has 8 nitrogen and oxygen atoms in total. The van der Waals surface area contributed by atoms with Crippen molar-refractivity contribution in [3.63, 3.8) is 0 Å². The topological polar surface area (TPSA) is 125 Å². The highest BCUT2D eigenvalue weighted by atomic mass is 127. The summed E-state index contributed by atoms with van der Waals surface area (Å²) >= 11 is 2.20. The van der Waals surface area contributed by atoms with Crippen LogP contribution in [0.4, 0.5) is 11.4 Å². The number of nitro benzene ring substituents is 1. The summed E-state index contributed by atoms with van der Waals surface area (Å²) < 4.78 is 29.0. The lowest BCUT2D eigenvalue weighted by atomic mass is 10.1. The number of hydrogen-bond donors (Lipinski definition) is 2. The number of nitrogens with zero attached hydrogens (tertiary/aromatic N) is 1. The van der Waals surface area contributed by atoms with Gasteiger partial charge in [-0.3, -0.25) is 10.1 Å². The summed E-state index contributed by atoms with van der Waals surface area (Å²) in [7, 11) is -4.03. The van der Waals surface area contributed by atoms with Crippen LogP contribution in [0.25, 0.3) is 0 Å². The lowest BCUT2D eigenvalue weighted by Crippen LogP contribution is -2.32. The van der Waals surface area contributed by atoms with Crippen molar-refractivity contribution in [3.05, 3.63) is 22.2 Å². The van der Waals surface area contributed by atoms with E-state index in [-0.39, 0.29) is 28.1 Å². The molecule has 1 aliphatic rings. The van der Waals surface area contributed by atoms with Gasteiger partial charge in [0.05, 0.1) is 15.9 Å². The van der Waals surface area contributed by atoms with Gasteiger partial charge in [0.25, 0.3) is 5.69 Å². The Morgan fingerprint density at radius 1 is 1.55 bits per heavy atom. The van der Waals surface area contributed by atoms with Crippen LogP contribution < -0.4 is 15.2 Å². The molecule has 0 amide bonds. The van der Waals surface area contributed by atoms with E-state index in [1.165, 1.54) is 6.07 Å². The maximum absolute atomic E-state index is 11.3. The van der Waals surface area contributed by atoms with E-state index in [1.807, 2.05) is 0 Å². The van der Waals surface area contributed by atoms with Crippen molar-refractivity contribution in [2.75, 3.05) is 16.4 Å². The van der Waals surface area contributed by atoms with Crippen molar-refractivity contribution in [1.82, 2.24) is 0 Å². The van der Waals surface area contributed by atoms with Crippen LogP contribution in [0.15, 0.2) is 17.0 Å². The fourth-order valence-electron chi connectivity index (χ4n) is 1.87. The van der Waals surface area contributed by atoms with Crippen molar-refractivity contribution in [2.45, 2.75) is 17.4 Å². The van der Waals surface area contributed by atoms with E-state index in [1.54, 1.807) is 0 Å². The number of sulfonamides is 1. The smallest absolute Gasteiger partial charge is 0.297 e. The number of ether oxygens (including phenoxy) is 1. The number of fused-ring (bicyclic) bond motifs is 1. The van der Waals surface area contributed by atoms with E-state index in [0.717, 1.165) is 16.9 Å². The van der Waals surface area contributed by atoms with Crippen LogP contribution >= 0.6 is 22.6 Å². The maximum atomic E-state index is 11.3. The van der Waals surface area contributed by atoms with Crippen molar-refractivity contribution in [3.8, 4) is 5.75 Å². The van der Waals surface area contributed by atoms with Gasteiger partial charge in [-0.25, -0.2) is 13.6 Å². The van der Waals surface area contributed by atoms with Gasteiger partial charge in [-0.05, 0) is 6.42 Å². The Balaban J connectivity index is 2.52. The molecule has 1 heterocycles. The van der Waals surface area contributed by atoms with Gasteiger partial charge in [0, 0.05) is 16.6 Å². The van der Waals surface area contributed by atoms with Crippen LogP contribution in [0.5, 0.6) is 5.75 Å². The summed E-state index contributed by atoms with van der Waals surface area (Å²) in [4.78, 5) is 10.1. The molecule has 0 bridgehead atoms. The molecule has 1 atom stereocenters. The number of nitrogens with one attached hydrogen (secondary N) is 1. The van der Waals surface area contributed by atoms with Gasteiger partial charge in [0.15, 0.2) is 11.4 Å². The normalized spacial score (nSPS) is 17.8. The Bertz CT molecular complexity index is 649. The highest BCUT2D eigenvalue weighted by molar-refractivity contribution is 14.1. The minimum Gasteiger partial charge on any atom is -0.489 e. The zero-order chi connectivity index (χ0) is 14.9. The standard InChI is InChI=1S/C10H12IN3O5S/c11-2-1-6-5-19-9-4-7(20(12,17)18)3-8(14(15)16)10(9)13-6/h3-4,6,13H,1-2,5H2,(H2,12,17,18)/t6-/m0/s1. The van der Waals surface area contributed by atoms with Gasteiger partial charge < -0.3 is 10.1 Å². The molecule has 0 unspecified atom stereocenters. The van der Waals surface area contributed by atoms with Gasteiger partial charge in [-0.15, -0.1) is 0 Å². The second-order valence-corrected chi connectivity index (χ2v) is 6.89. The number of nitrogens with two attached hydrogens (primary N) is 1. The van der Waals surface area contributed by atoms with Crippen molar-refractivity contribution < 1.29 is 18.1 Å². The van der Waals surface area contributed by atoms with Crippen molar-refractivity contribution in [2.24, 2.45) is 5.14 Å². The number of halogens is 1. The summed E-state index contributed by atoms with van der Waals surface area (Å²) in [5.41, 5.74) is -0.159. The highest BCUT2D eigenvalue weighted by Gasteiger charge is 2.29. The van der Waals surface area contributed by atoms with E-state index in [0.29, 0.717) is 6.61 Å². The number of alkyl halides is 1. The molecule has 0 aliphatic carbocycles. The molecule has 0 radical (unpaired) electrons. The predicted octanol–water partition coefficient (Wildman–Crippen LogP) is 1.24. The molecule has 110 valence electrons. The Kier molecular flexibility index (Phi) is 4.34. The molecule has 0 aromatic heterocycles. The molecular weight excluding hydrogens is 401 g/mol. The Hall–Kier alpha value is -1.14. The monoisotopic (exact) mass is 413 g/mol. The molecule has 20 heavy (non-hydrogen) atoms. The summed E-state index contributed by atoms with van der Waals surface area (Å²) in [6, 6.07) is 2.10. The second kappa shape index (κ2) is 5.69. The molecule has 0 saturated carbocycles. The second-order valence-electron chi connectivity index (χ2n) is 4.25. The molecule has 0 saturated heterocycles. The van der Waals surface area contributed by atoms with E-state index >= 15 is 0 Å². The first-order valence-corrected chi connectivity index (χ1v) is 8.70. The Morgan fingerprint density at radius 2 is 2.25 bits per heavy atom. The fraction of sp³-hybridized carbons (Fsp3) is 0.400. The van der Waals surface area contributed by atoms with Gasteiger partial charge in [-0.1, -0.05) is 22.6 Å². The molecule has 1 aliphatic heterocycles. The van der Waals surface area contributed by atoms with Crippen molar-refractivity contribution in [1.29, 1.82) is 0 Å². The van der Waals surface area contributed by atoms with Crippen LogP contribution in [0.3, 0.4) is 0 Å². The van der Waals surface area contributed by atoms with E-state index in [9.17, 15) is 18.5 Å². The van der Waals surface area contributed by atoms with Crippen LogP contribution in [0.1, 0.15) is 6.42 Å². The van der Waals surface area contributed by atoms with Crippen LogP contribution in [0.2, 0.25) is 0 Å². The fourth-order valence-corrected chi connectivity index (χ4v) is 3.17. The van der Waals surface area contributed by atoms with Crippen LogP contribution in [-0.2, 0) is 10.0 Å². The van der Waals surface area contributed by atoms with Gasteiger partial charge in [0.1, 0.15) is 6.61 Å². The quantitative estimate of drug-likeness (QED) is 0.331. The minimum absolute atomic E-state index is 0.0431. The van der Waals surface area contributed by atoms with E-state index < -0.39 is 14.9 Å². The molecular formula is C10H12IN3O5S. The van der Waals surface area contributed by atoms with Crippen LogP contribution in [0, 0.1) is 10.1 Å². The molecule has 1 aromatic carbocycles. The lowest BCUT2D eigenvalue weighted by Gasteiger charge is -2.27. The number of hydrogen-bond acceptors (Lipinski definition) is 6. The number of rotatable bonds is 4. The van der Waals surface area contributed by atoms with E-state index in [2.05, 4.69) is 27.9 Å². The Morgan fingerprint density at radius 3 is 2.80 bits per heavy atom. The predicted molar refractivity (Wildman–Crippen MR) is 80.9 cm³/mol. The summed E-state index contributed by atoms with van der Waals surface area (Å²) in [5, 5.41) is 19.1. The van der Waals surface area contributed by atoms with E-state index in [4.69, 9.17) is 9.88 Å². The summed E-state index contributed by atoms with van der Waals surface area (Å²) in [6.45, 7) is 0.321. The molecule has 0 spiro atoms. The molecule has 2 rings (SSSR count). The third-order valence-corrected chi connectivity index (χ3v) is 4.34. The number of benzene rings is 1. The van der Waals surface area contributed by atoms with Crippen molar-refractivity contribution >= 4 is 44.0 Å². The number of nitro groups is 1. The number of primary sulfonamides is 1. The maximum Gasteiger partial charge on any atom is 0.297 e. The summed E-state index contributed by atoms with van der Waals surface area (Å²) in [5.74, 6) is 0.132. The third-order valence-electron chi connectivity index (χ3n) is 2.83. The van der Waals surface area contributed by atoms with Gasteiger partial charge in [-0.2, -0.15) is 0 Å². The van der Waals surface area contributed by atoms with Gasteiger partial charge in [0.2, 0.25) is 10.0 Å². The SMILES string of the molecule is NS(=O)(=O)c1cc2c(c([N+](=O)[O-])c1)N[C@@H](CCI)CO2. The Labute approximate surface area is 129 Å². The molecule has 10 heteroatoms. The largest absolute Gasteiger partial charge is 0.489 e. The molecule has 0 fully saturated rings. The lowest BCUT2D eigenvalue weighted by molar-refractivity contribution is -0.384. The highest BCUT2D eigenvalue weighted by Crippen LogP contribution is 2.40. The average Bonchev–Trinajstić information content (AvgIpc) is 2.36. The minimum atomic E-state index is -4.03. The molecule has 3 N–H and O–H groups in total. The molecule has 1 aromatic rings. The van der Waals surface area contributed by atoms with Gasteiger partial charge >= 0.3 is 0 Å².